The molecule has 1 aromatic heterocycles. The van der Waals surface area contributed by atoms with E-state index < -0.39 is 5.97 Å². The van der Waals surface area contributed by atoms with Crippen LogP contribution in [-0.4, -0.2) is 42.5 Å². The molecule has 0 aliphatic carbocycles. The summed E-state index contributed by atoms with van der Waals surface area (Å²) < 4.78 is 10.3. The number of aliphatic hydroxyl groups is 1. The van der Waals surface area contributed by atoms with Gasteiger partial charge < -0.3 is 24.7 Å². The number of aryl methyl sites for hydroxylation is 1. The number of methoxy groups -OCH3 is 1. The number of carboxylic acid groups (broad SMARTS) is 1. The van der Waals surface area contributed by atoms with E-state index in [2.05, 4.69) is 5.32 Å². The molecule has 1 rings (SSSR count). The van der Waals surface area contributed by atoms with Gasteiger partial charge in [-0.05, 0) is 19.4 Å². The van der Waals surface area contributed by atoms with E-state index in [1.165, 1.54) is 6.07 Å². The lowest BCUT2D eigenvalue weighted by molar-refractivity contribution is 0.0695. The molecular formula is C12H19NO5. The molecule has 1 unspecified atom stereocenters. The predicted octanol–water partition coefficient (Wildman–Crippen LogP) is 0.773. The van der Waals surface area contributed by atoms with Gasteiger partial charge in [-0.3, -0.25) is 0 Å². The summed E-state index contributed by atoms with van der Waals surface area (Å²) in [6.45, 7) is 2.57. The minimum Gasteiger partial charge on any atom is -0.478 e. The second kappa shape index (κ2) is 7.15. The Balaban J connectivity index is 2.56. The van der Waals surface area contributed by atoms with Gasteiger partial charge in [0.25, 0.3) is 0 Å². The topological polar surface area (TPSA) is 91.9 Å². The molecule has 1 aromatic rings. The number of aliphatic hydroxyl groups excluding tert-OH is 1. The average Bonchev–Trinajstić information content (AvgIpc) is 2.68. The Kier molecular flexibility index (Phi) is 5.84. The molecule has 0 fully saturated rings. The highest BCUT2D eigenvalue weighted by Gasteiger charge is 2.14. The van der Waals surface area contributed by atoms with Gasteiger partial charge in [0.2, 0.25) is 0 Å². The van der Waals surface area contributed by atoms with Gasteiger partial charge in [-0.15, -0.1) is 0 Å². The Bertz CT molecular complexity index is 382. The summed E-state index contributed by atoms with van der Waals surface area (Å²) in [5.74, 6) is -0.0417. The lowest BCUT2D eigenvalue weighted by Crippen LogP contribution is -2.33. The molecule has 6 nitrogen and oxygen atoms in total. The van der Waals surface area contributed by atoms with Crippen LogP contribution in [0.2, 0.25) is 0 Å². The summed E-state index contributed by atoms with van der Waals surface area (Å²) >= 11 is 0. The van der Waals surface area contributed by atoms with Gasteiger partial charge in [0.15, 0.2) is 0 Å². The molecule has 0 bridgehead atoms. The predicted molar refractivity (Wildman–Crippen MR) is 64.6 cm³/mol. The third kappa shape index (κ3) is 4.14. The smallest absolute Gasteiger partial charge is 0.339 e. The van der Waals surface area contributed by atoms with Crippen LogP contribution >= 0.6 is 0 Å². The van der Waals surface area contributed by atoms with Crippen LogP contribution in [0.25, 0.3) is 0 Å². The number of furan rings is 1. The van der Waals surface area contributed by atoms with Crippen LogP contribution in [0.1, 0.15) is 28.3 Å². The Labute approximate surface area is 106 Å². The summed E-state index contributed by atoms with van der Waals surface area (Å²) in [5.41, 5.74) is 0.178. The minimum absolute atomic E-state index is 0.0127. The molecule has 6 heteroatoms. The Morgan fingerprint density at radius 2 is 2.33 bits per heavy atom. The molecule has 0 aromatic carbocycles. The fraction of sp³-hybridized carbons (Fsp3) is 0.583. The first-order valence-corrected chi connectivity index (χ1v) is 5.74. The summed E-state index contributed by atoms with van der Waals surface area (Å²) in [5, 5.41) is 20.9. The lowest BCUT2D eigenvalue weighted by Gasteiger charge is -2.15. The van der Waals surface area contributed by atoms with Crippen molar-refractivity contribution in [1.29, 1.82) is 0 Å². The van der Waals surface area contributed by atoms with Crippen LogP contribution in [-0.2, 0) is 11.3 Å². The highest BCUT2D eigenvalue weighted by molar-refractivity contribution is 5.88. The van der Waals surface area contributed by atoms with Crippen molar-refractivity contribution >= 4 is 5.97 Å². The molecule has 0 amide bonds. The zero-order valence-corrected chi connectivity index (χ0v) is 10.6. The number of ether oxygens (including phenoxy) is 1. The standard InChI is InChI=1S/C12H19NO5/c1-8-11(12(15)16)5-10(18-8)6-13-9(3-4-14)7-17-2/h5,9,13-14H,3-4,6-7H2,1-2H3,(H,15,16). The molecule has 18 heavy (non-hydrogen) atoms. The number of nitrogens with one attached hydrogen (secondary N) is 1. The highest BCUT2D eigenvalue weighted by atomic mass is 16.5. The first-order chi connectivity index (χ1) is 8.58. The quantitative estimate of drug-likeness (QED) is 0.637. The van der Waals surface area contributed by atoms with E-state index in [9.17, 15) is 4.79 Å². The van der Waals surface area contributed by atoms with Crippen LogP contribution in [0, 0.1) is 6.92 Å². The molecule has 0 aliphatic rings. The van der Waals surface area contributed by atoms with Crippen molar-refractivity contribution in [2.75, 3.05) is 20.3 Å². The molecule has 1 heterocycles. The van der Waals surface area contributed by atoms with Gasteiger partial charge in [-0.25, -0.2) is 4.79 Å². The highest BCUT2D eigenvalue weighted by Crippen LogP contribution is 2.14. The van der Waals surface area contributed by atoms with Crippen molar-refractivity contribution in [2.45, 2.75) is 25.9 Å². The van der Waals surface area contributed by atoms with Crippen molar-refractivity contribution in [3.63, 3.8) is 0 Å². The fourth-order valence-corrected chi connectivity index (χ4v) is 1.69. The van der Waals surface area contributed by atoms with E-state index in [-0.39, 0.29) is 18.2 Å². The van der Waals surface area contributed by atoms with Gasteiger partial charge in [-0.2, -0.15) is 0 Å². The lowest BCUT2D eigenvalue weighted by atomic mass is 10.2. The van der Waals surface area contributed by atoms with Crippen LogP contribution in [0.5, 0.6) is 0 Å². The van der Waals surface area contributed by atoms with E-state index in [0.717, 1.165) is 0 Å². The van der Waals surface area contributed by atoms with Crippen LogP contribution in [0.15, 0.2) is 10.5 Å². The summed E-state index contributed by atoms with van der Waals surface area (Å²) in [4.78, 5) is 10.8. The molecule has 102 valence electrons. The molecule has 0 spiro atoms. The summed E-state index contributed by atoms with van der Waals surface area (Å²) in [6, 6.07) is 1.52. The molecular weight excluding hydrogens is 238 g/mol. The molecule has 0 saturated carbocycles. The van der Waals surface area contributed by atoms with E-state index in [0.29, 0.717) is 31.1 Å². The average molecular weight is 257 g/mol. The van der Waals surface area contributed by atoms with E-state index >= 15 is 0 Å². The third-order valence-corrected chi connectivity index (χ3v) is 2.61. The Morgan fingerprint density at radius 1 is 1.61 bits per heavy atom. The number of hydrogen-bond donors (Lipinski definition) is 3. The molecule has 0 radical (unpaired) electrons. The Hall–Kier alpha value is -1.37. The number of carboxylic acids is 1. The number of aromatic carboxylic acids is 1. The minimum atomic E-state index is -0.994. The molecule has 0 aliphatic heterocycles. The van der Waals surface area contributed by atoms with Crippen molar-refractivity contribution in [1.82, 2.24) is 5.32 Å². The van der Waals surface area contributed by atoms with Gasteiger partial charge >= 0.3 is 5.97 Å². The van der Waals surface area contributed by atoms with Crippen molar-refractivity contribution < 1.29 is 24.2 Å². The maximum atomic E-state index is 10.8. The second-order valence-electron chi connectivity index (χ2n) is 4.03. The van der Waals surface area contributed by atoms with Crippen molar-refractivity contribution in [3.8, 4) is 0 Å². The zero-order valence-electron chi connectivity index (χ0n) is 10.6. The first kappa shape index (κ1) is 14.7. The maximum Gasteiger partial charge on any atom is 0.339 e. The van der Waals surface area contributed by atoms with E-state index in [1.807, 2.05) is 0 Å². The molecule has 0 saturated heterocycles. The van der Waals surface area contributed by atoms with Crippen LogP contribution in [0.3, 0.4) is 0 Å². The van der Waals surface area contributed by atoms with Gasteiger partial charge in [0, 0.05) is 19.8 Å². The van der Waals surface area contributed by atoms with E-state index in [4.69, 9.17) is 19.4 Å². The summed E-state index contributed by atoms with van der Waals surface area (Å²) in [7, 11) is 1.59. The molecule has 1 atom stereocenters. The number of hydrogen-bond acceptors (Lipinski definition) is 5. The van der Waals surface area contributed by atoms with Gasteiger partial charge in [0.05, 0.1) is 13.2 Å². The maximum absolute atomic E-state index is 10.8. The van der Waals surface area contributed by atoms with Crippen molar-refractivity contribution in [3.05, 3.63) is 23.2 Å². The third-order valence-electron chi connectivity index (χ3n) is 2.61. The van der Waals surface area contributed by atoms with Gasteiger partial charge in [0.1, 0.15) is 17.1 Å². The summed E-state index contributed by atoms with van der Waals surface area (Å²) in [6.07, 6.45) is 0.569. The molecule has 3 N–H and O–H groups in total. The SMILES string of the molecule is COCC(CCO)NCc1cc(C(=O)O)c(C)o1. The fourth-order valence-electron chi connectivity index (χ4n) is 1.69. The number of rotatable bonds is 8. The zero-order chi connectivity index (χ0) is 13.5. The second-order valence-corrected chi connectivity index (χ2v) is 4.03. The normalized spacial score (nSPS) is 12.6. The van der Waals surface area contributed by atoms with Crippen LogP contribution in [0.4, 0.5) is 0 Å². The van der Waals surface area contributed by atoms with E-state index in [1.54, 1.807) is 14.0 Å². The first-order valence-electron chi connectivity index (χ1n) is 5.74. The largest absolute Gasteiger partial charge is 0.478 e. The van der Waals surface area contributed by atoms with Crippen molar-refractivity contribution in [2.24, 2.45) is 0 Å². The van der Waals surface area contributed by atoms with Crippen LogP contribution < -0.4 is 5.32 Å². The Morgan fingerprint density at radius 3 is 2.83 bits per heavy atom. The number of carbonyl (C=O) groups is 1. The van der Waals surface area contributed by atoms with Gasteiger partial charge in [-0.1, -0.05) is 0 Å². The monoisotopic (exact) mass is 257 g/mol.